The van der Waals surface area contributed by atoms with E-state index in [0.717, 1.165) is 24.1 Å². The first-order valence-corrected chi connectivity index (χ1v) is 5.24. The predicted molar refractivity (Wildman–Crippen MR) is 69.3 cm³/mol. The van der Waals surface area contributed by atoms with Crippen molar-refractivity contribution in [2.45, 2.75) is 13.3 Å². The topological polar surface area (TPSA) is 41.1 Å². The van der Waals surface area contributed by atoms with Gasteiger partial charge in [-0.05, 0) is 38.6 Å². The lowest BCUT2D eigenvalue weighted by Gasteiger charge is -2.06. The summed E-state index contributed by atoms with van der Waals surface area (Å²) in [5.41, 5.74) is 1.78. The highest BCUT2D eigenvalue weighted by molar-refractivity contribution is 5.95. The Morgan fingerprint density at radius 1 is 1.25 bits per heavy atom. The summed E-state index contributed by atoms with van der Waals surface area (Å²) in [5.74, 6) is 0.0178. The standard InChI is InChI=1S/C12H18N2O.ClH/c1-10-6-3-4-7-11(10)12(15)14-9-5-8-13-2;/h3-4,6-7,13H,5,8-9H2,1-2H3,(H,14,15);1H. The van der Waals surface area contributed by atoms with E-state index in [2.05, 4.69) is 10.6 Å². The van der Waals surface area contributed by atoms with Crippen LogP contribution in [0.25, 0.3) is 0 Å². The second kappa shape index (κ2) is 8.13. The van der Waals surface area contributed by atoms with Crippen molar-refractivity contribution in [1.82, 2.24) is 10.6 Å². The molecule has 0 spiro atoms. The summed E-state index contributed by atoms with van der Waals surface area (Å²) < 4.78 is 0. The Balaban J connectivity index is 0.00000225. The molecule has 0 heterocycles. The van der Waals surface area contributed by atoms with Gasteiger partial charge in [0, 0.05) is 12.1 Å². The van der Waals surface area contributed by atoms with Crippen LogP contribution in [-0.2, 0) is 0 Å². The number of benzene rings is 1. The molecule has 0 fully saturated rings. The van der Waals surface area contributed by atoms with E-state index < -0.39 is 0 Å². The summed E-state index contributed by atoms with van der Waals surface area (Å²) in [7, 11) is 1.91. The summed E-state index contributed by atoms with van der Waals surface area (Å²) in [5, 5.41) is 5.94. The Labute approximate surface area is 103 Å². The van der Waals surface area contributed by atoms with Gasteiger partial charge in [-0.2, -0.15) is 0 Å². The molecule has 16 heavy (non-hydrogen) atoms. The highest BCUT2D eigenvalue weighted by Crippen LogP contribution is 2.06. The summed E-state index contributed by atoms with van der Waals surface area (Å²) in [4.78, 5) is 11.7. The molecule has 0 bridgehead atoms. The number of hydrogen-bond acceptors (Lipinski definition) is 2. The Bertz CT molecular complexity index is 329. The molecule has 0 aliphatic carbocycles. The quantitative estimate of drug-likeness (QED) is 0.773. The van der Waals surface area contributed by atoms with Crippen molar-refractivity contribution >= 4 is 18.3 Å². The van der Waals surface area contributed by atoms with Crippen LogP contribution < -0.4 is 10.6 Å². The lowest BCUT2D eigenvalue weighted by molar-refractivity contribution is 0.0952. The average molecular weight is 243 g/mol. The van der Waals surface area contributed by atoms with Crippen LogP contribution in [0.4, 0.5) is 0 Å². The molecule has 1 aromatic rings. The third-order valence-electron chi connectivity index (χ3n) is 2.28. The van der Waals surface area contributed by atoms with Gasteiger partial charge in [-0.1, -0.05) is 18.2 Å². The number of aryl methyl sites for hydroxylation is 1. The highest BCUT2D eigenvalue weighted by atomic mass is 35.5. The lowest BCUT2D eigenvalue weighted by atomic mass is 10.1. The number of rotatable bonds is 5. The fourth-order valence-corrected chi connectivity index (χ4v) is 1.39. The monoisotopic (exact) mass is 242 g/mol. The van der Waals surface area contributed by atoms with E-state index in [-0.39, 0.29) is 18.3 Å². The van der Waals surface area contributed by atoms with Crippen LogP contribution in [0.1, 0.15) is 22.3 Å². The second-order valence-electron chi connectivity index (χ2n) is 3.53. The smallest absolute Gasteiger partial charge is 0.251 e. The number of hydrogen-bond donors (Lipinski definition) is 2. The maximum Gasteiger partial charge on any atom is 0.251 e. The van der Waals surface area contributed by atoms with Gasteiger partial charge in [0.2, 0.25) is 0 Å². The Kier molecular flexibility index (Phi) is 7.60. The minimum atomic E-state index is 0. The molecular weight excluding hydrogens is 224 g/mol. The van der Waals surface area contributed by atoms with E-state index in [0.29, 0.717) is 6.54 Å². The van der Waals surface area contributed by atoms with Crippen LogP contribution in [0.2, 0.25) is 0 Å². The van der Waals surface area contributed by atoms with Gasteiger partial charge >= 0.3 is 0 Å². The van der Waals surface area contributed by atoms with Gasteiger partial charge in [0.25, 0.3) is 5.91 Å². The minimum Gasteiger partial charge on any atom is -0.352 e. The van der Waals surface area contributed by atoms with E-state index in [1.54, 1.807) is 0 Å². The molecule has 4 heteroatoms. The van der Waals surface area contributed by atoms with Crippen LogP contribution in [0.3, 0.4) is 0 Å². The zero-order valence-electron chi connectivity index (χ0n) is 9.75. The molecular formula is C12H19ClN2O. The van der Waals surface area contributed by atoms with Crippen molar-refractivity contribution in [3.63, 3.8) is 0 Å². The van der Waals surface area contributed by atoms with Crippen LogP contribution in [-0.4, -0.2) is 26.0 Å². The van der Waals surface area contributed by atoms with Gasteiger partial charge < -0.3 is 10.6 Å². The number of halogens is 1. The molecule has 0 atom stereocenters. The number of nitrogens with one attached hydrogen (secondary N) is 2. The van der Waals surface area contributed by atoms with Crippen LogP contribution in [0.5, 0.6) is 0 Å². The fraction of sp³-hybridized carbons (Fsp3) is 0.417. The number of carbonyl (C=O) groups is 1. The zero-order chi connectivity index (χ0) is 11.1. The zero-order valence-corrected chi connectivity index (χ0v) is 10.6. The molecule has 0 radical (unpaired) electrons. The van der Waals surface area contributed by atoms with E-state index in [1.807, 2.05) is 38.2 Å². The minimum absolute atomic E-state index is 0. The first kappa shape index (κ1) is 14.9. The molecule has 0 aliphatic rings. The number of carbonyl (C=O) groups excluding carboxylic acids is 1. The van der Waals surface area contributed by atoms with Gasteiger partial charge in [-0.25, -0.2) is 0 Å². The van der Waals surface area contributed by atoms with Crippen molar-refractivity contribution in [2.75, 3.05) is 20.1 Å². The van der Waals surface area contributed by atoms with Crippen LogP contribution in [0.15, 0.2) is 24.3 Å². The largest absolute Gasteiger partial charge is 0.352 e. The SMILES string of the molecule is CNCCCNC(=O)c1ccccc1C.Cl. The highest BCUT2D eigenvalue weighted by Gasteiger charge is 2.06. The normalized spacial score (nSPS) is 9.38. The van der Waals surface area contributed by atoms with Crippen molar-refractivity contribution < 1.29 is 4.79 Å². The van der Waals surface area contributed by atoms with E-state index in [9.17, 15) is 4.79 Å². The molecule has 90 valence electrons. The number of amides is 1. The predicted octanol–water partition coefficient (Wildman–Crippen LogP) is 1.76. The molecule has 1 aromatic carbocycles. The first-order chi connectivity index (χ1) is 7.25. The van der Waals surface area contributed by atoms with Crippen molar-refractivity contribution in [1.29, 1.82) is 0 Å². The molecule has 0 aliphatic heterocycles. The summed E-state index contributed by atoms with van der Waals surface area (Å²) >= 11 is 0. The maximum atomic E-state index is 11.7. The summed E-state index contributed by atoms with van der Waals surface area (Å²) in [6, 6.07) is 7.62. The maximum absolute atomic E-state index is 11.7. The van der Waals surface area contributed by atoms with Gasteiger partial charge in [-0.3, -0.25) is 4.79 Å². The summed E-state index contributed by atoms with van der Waals surface area (Å²) in [6.07, 6.45) is 0.953. The lowest BCUT2D eigenvalue weighted by Crippen LogP contribution is -2.27. The van der Waals surface area contributed by atoms with Crippen LogP contribution >= 0.6 is 12.4 Å². The van der Waals surface area contributed by atoms with Crippen molar-refractivity contribution in [3.05, 3.63) is 35.4 Å². The van der Waals surface area contributed by atoms with E-state index in [4.69, 9.17) is 0 Å². The van der Waals surface area contributed by atoms with Crippen LogP contribution in [0, 0.1) is 6.92 Å². The molecule has 0 unspecified atom stereocenters. The fourth-order valence-electron chi connectivity index (χ4n) is 1.39. The molecule has 2 N–H and O–H groups in total. The second-order valence-corrected chi connectivity index (χ2v) is 3.53. The average Bonchev–Trinajstić information content (AvgIpc) is 2.25. The summed E-state index contributed by atoms with van der Waals surface area (Å²) in [6.45, 7) is 3.59. The third kappa shape index (κ3) is 4.64. The Morgan fingerprint density at radius 3 is 2.56 bits per heavy atom. The van der Waals surface area contributed by atoms with Gasteiger partial charge in [0.05, 0.1) is 0 Å². The molecule has 0 saturated heterocycles. The Hall–Kier alpha value is -1.06. The van der Waals surface area contributed by atoms with Gasteiger partial charge in [-0.15, -0.1) is 12.4 Å². The van der Waals surface area contributed by atoms with Gasteiger partial charge in [0.15, 0.2) is 0 Å². The van der Waals surface area contributed by atoms with E-state index in [1.165, 1.54) is 0 Å². The third-order valence-corrected chi connectivity index (χ3v) is 2.28. The Morgan fingerprint density at radius 2 is 1.94 bits per heavy atom. The molecule has 3 nitrogen and oxygen atoms in total. The van der Waals surface area contributed by atoms with E-state index >= 15 is 0 Å². The first-order valence-electron chi connectivity index (χ1n) is 5.24. The van der Waals surface area contributed by atoms with Crippen molar-refractivity contribution in [3.8, 4) is 0 Å². The van der Waals surface area contributed by atoms with Crippen molar-refractivity contribution in [2.24, 2.45) is 0 Å². The van der Waals surface area contributed by atoms with Gasteiger partial charge in [0.1, 0.15) is 0 Å². The molecule has 0 aromatic heterocycles. The molecule has 1 rings (SSSR count). The molecule has 1 amide bonds. The molecule has 0 saturated carbocycles.